The second-order valence-corrected chi connectivity index (χ2v) is 6.56. The molecule has 0 fully saturated rings. The molecular formula is C22H25N3O2. The molecule has 5 heteroatoms. The van der Waals surface area contributed by atoms with Gasteiger partial charge in [-0.05, 0) is 25.5 Å². The van der Waals surface area contributed by atoms with Gasteiger partial charge in [-0.25, -0.2) is 0 Å². The van der Waals surface area contributed by atoms with E-state index in [1.165, 1.54) is 5.56 Å². The molecule has 0 bridgehead atoms. The van der Waals surface area contributed by atoms with Gasteiger partial charge in [0.15, 0.2) is 0 Å². The SMILES string of the molecule is COc1ccccc1CC(=O)NCc1c(C)nn(Cc2ccccc2)c1C. The molecule has 0 atom stereocenters. The highest BCUT2D eigenvalue weighted by atomic mass is 16.5. The Kier molecular flexibility index (Phi) is 5.91. The molecule has 1 heterocycles. The summed E-state index contributed by atoms with van der Waals surface area (Å²) in [5.41, 5.74) is 5.18. The predicted octanol–water partition coefficient (Wildman–Crippen LogP) is 3.42. The lowest BCUT2D eigenvalue weighted by Gasteiger charge is -2.09. The highest BCUT2D eigenvalue weighted by Crippen LogP contribution is 2.18. The number of carbonyl (C=O) groups is 1. The van der Waals surface area contributed by atoms with Crippen molar-refractivity contribution in [2.45, 2.75) is 33.4 Å². The molecule has 0 saturated heterocycles. The third-order valence-electron chi connectivity index (χ3n) is 4.71. The van der Waals surface area contributed by atoms with Crippen LogP contribution in [0.1, 0.15) is 28.1 Å². The molecule has 0 radical (unpaired) electrons. The molecule has 140 valence electrons. The summed E-state index contributed by atoms with van der Waals surface area (Å²) in [6.45, 7) is 5.23. The summed E-state index contributed by atoms with van der Waals surface area (Å²) in [6.07, 6.45) is 0.292. The lowest BCUT2D eigenvalue weighted by Crippen LogP contribution is -2.25. The number of hydrogen-bond donors (Lipinski definition) is 1. The van der Waals surface area contributed by atoms with Gasteiger partial charge < -0.3 is 10.1 Å². The summed E-state index contributed by atoms with van der Waals surface area (Å²) in [4.78, 5) is 12.4. The van der Waals surface area contributed by atoms with Crippen LogP contribution in [-0.2, 0) is 24.3 Å². The van der Waals surface area contributed by atoms with Crippen LogP contribution in [0.2, 0.25) is 0 Å². The Morgan fingerprint density at radius 3 is 2.52 bits per heavy atom. The summed E-state index contributed by atoms with van der Waals surface area (Å²) < 4.78 is 7.31. The van der Waals surface area contributed by atoms with Gasteiger partial charge in [0.05, 0.1) is 25.8 Å². The number of methoxy groups -OCH3 is 1. The van der Waals surface area contributed by atoms with Gasteiger partial charge in [-0.1, -0.05) is 48.5 Å². The first-order valence-corrected chi connectivity index (χ1v) is 9.04. The van der Waals surface area contributed by atoms with Crippen LogP contribution in [0.15, 0.2) is 54.6 Å². The van der Waals surface area contributed by atoms with Gasteiger partial charge in [0.25, 0.3) is 0 Å². The van der Waals surface area contributed by atoms with E-state index in [1.807, 2.05) is 61.0 Å². The van der Waals surface area contributed by atoms with E-state index in [9.17, 15) is 4.79 Å². The van der Waals surface area contributed by atoms with Gasteiger partial charge in [0.1, 0.15) is 5.75 Å². The first-order valence-electron chi connectivity index (χ1n) is 9.04. The fraction of sp³-hybridized carbons (Fsp3) is 0.273. The molecule has 0 spiro atoms. The van der Waals surface area contributed by atoms with E-state index in [4.69, 9.17) is 4.74 Å². The van der Waals surface area contributed by atoms with E-state index >= 15 is 0 Å². The van der Waals surface area contributed by atoms with Gasteiger partial charge in [-0.3, -0.25) is 9.48 Å². The van der Waals surface area contributed by atoms with E-state index in [0.29, 0.717) is 13.0 Å². The molecule has 0 aliphatic heterocycles. The van der Waals surface area contributed by atoms with Crippen LogP contribution in [0, 0.1) is 13.8 Å². The third kappa shape index (κ3) is 4.56. The Hall–Kier alpha value is -3.08. The van der Waals surface area contributed by atoms with Crippen molar-refractivity contribution in [3.63, 3.8) is 0 Å². The molecule has 3 rings (SSSR count). The number of ether oxygens (including phenoxy) is 1. The molecule has 1 amide bonds. The van der Waals surface area contributed by atoms with Gasteiger partial charge in [-0.15, -0.1) is 0 Å². The van der Waals surface area contributed by atoms with Crippen LogP contribution in [-0.4, -0.2) is 22.8 Å². The van der Waals surface area contributed by atoms with Crippen molar-refractivity contribution in [3.8, 4) is 5.75 Å². The number of hydrogen-bond acceptors (Lipinski definition) is 3. The molecule has 0 aliphatic carbocycles. The van der Waals surface area contributed by atoms with Crippen LogP contribution < -0.4 is 10.1 Å². The maximum absolute atomic E-state index is 12.4. The van der Waals surface area contributed by atoms with Crippen molar-refractivity contribution in [1.82, 2.24) is 15.1 Å². The first kappa shape index (κ1) is 18.7. The Morgan fingerprint density at radius 1 is 1.07 bits per heavy atom. The fourth-order valence-corrected chi connectivity index (χ4v) is 3.17. The average molecular weight is 363 g/mol. The van der Waals surface area contributed by atoms with Gasteiger partial charge in [-0.2, -0.15) is 5.10 Å². The maximum atomic E-state index is 12.4. The zero-order valence-electron chi connectivity index (χ0n) is 16.0. The normalized spacial score (nSPS) is 10.6. The Morgan fingerprint density at radius 2 is 1.78 bits per heavy atom. The minimum atomic E-state index is -0.0332. The van der Waals surface area contributed by atoms with Gasteiger partial charge in [0, 0.05) is 23.4 Å². The number of carbonyl (C=O) groups excluding carboxylic acids is 1. The van der Waals surface area contributed by atoms with Gasteiger partial charge in [0.2, 0.25) is 5.91 Å². The summed E-state index contributed by atoms with van der Waals surface area (Å²) in [5.74, 6) is 0.699. The number of amides is 1. The summed E-state index contributed by atoms with van der Waals surface area (Å²) in [7, 11) is 1.62. The van der Waals surface area contributed by atoms with Crippen molar-refractivity contribution in [2.75, 3.05) is 7.11 Å². The second kappa shape index (κ2) is 8.54. The molecule has 27 heavy (non-hydrogen) atoms. The number of rotatable bonds is 7. The van der Waals surface area contributed by atoms with Crippen molar-refractivity contribution in [2.24, 2.45) is 0 Å². The fourth-order valence-electron chi connectivity index (χ4n) is 3.17. The zero-order chi connectivity index (χ0) is 19.2. The quantitative estimate of drug-likeness (QED) is 0.700. The second-order valence-electron chi connectivity index (χ2n) is 6.56. The third-order valence-corrected chi connectivity index (χ3v) is 4.71. The highest BCUT2D eigenvalue weighted by Gasteiger charge is 2.14. The van der Waals surface area contributed by atoms with Crippen molar-refractivity contribution >= 4 is 5.91 Å². The number of nitrogens with zero attached hydrogens (tertiary/aromatic N) is 2. The van der Waals surface area contributed by atoms with Crippen LogP contribution >= 0.6 is 0 Å². The van der Waals surface area contributed by atoms with Gasteiger partial charge >= 0.3 is 0 Å². The molecule has 0 unspecified atom stereocenters. The summed E-state index contributed by atoms with van der Waals surface area (Å²) in [6, 6.07) is 17.8. The standard InChI is InChI=1S/C22H25N3O2/c1-16-20(17(2)25(24-16)15-18-9-5-4-6-10-18)14-23-22(26)13-19-11-7-8-12-21(19)27-3/h4-12H,13-15H2,1-3H3,(H,23,26). The maximum Gasteiger partial charge on any atom is 0.224 e. The minimum absolute atomic E-state index is 0.0332. The molecule has 0 aliphatic rings. The summed E-state index contributed by atoms with van der Waals surface area (Å²) in [5, 5.41) is 7.65. The van der Waals surface area contributed by atoms with E-state index in [1.54, 1.807) is 7.11 Å². The van der Waals surface area contributed by atoms with Crippen molar-refractivity contribution < 1.29 is 9.53 Å². The lowest BCUT2D eigenvalue weighted by molar-refractivity contribution is -0.120. The number of para-hydroxylation sites is 1. The largest absolute Gasteiger partial charge is 0.496 e. The number of aromatic nitrogens is 2. The molecule has 1 N–H and O–H groups in total. The molecule has 5 nitrogen and oxygen atoms in total. The predicted molar refractivity (Wildman–Crippen MR) is 106 cm³/mol. The van der Waals surface area contributed by atoms with Crippen LogP contribution in [0.25, 0.3) is 0 Å². The van der Waals surface area contributed by atoms with Crippen molar-refractivity contribution in [1.29, 1.82) is 0 Å². The lowest BCUT2D eigenvalue weighted by atomic mass is 10.1. The summed E-state index contributed by atoms with van der Waals surface area (Å²) >= 11 is 0. The van der Waals surface area contributed by atoms with E-state index < -0.39 is 0 Å². The monoisotopic (exact) mass is 363 g/mol. The molecule has 2 aromatic carbocycles. The zero-order valence-corrected chi connectivity index (χ0v) is 16.0. The molecule has 3 aromatic rings. The Balaban J connectivity index is 1.65. The topological polar surface area (TPSA) is 56.1 Å². The van der Waals surface area contributed by atoms with E-state index in [-0.39, 0.29) is 5.91 Å². The average Bonchev–Trinajstić information content (AvgIpc) is 2.94. The van der Waals surface area contributed by atoms with E-state index in [2.05, 4.69) is 22.5 Å². The number of benzene rings is 2. The van der Waals surface area contributed by atoms with Crippen LogP contribution in [0.5, 0.6) is 5.75 Å². The van der Waals surface area contributed by atoms with Crippen LogP contribution in [0.4, 0.5) is 0 Å². The Bertz CT molecular complexity index is 917. The number of aryl methyl sites for hydroxylation is 1. The van der Waals surface area contributed by atoms with E-state index in [0.717, 1.165) is 34.8 Å². The van der Waals surface area contributed by atoms with Crippen molar-refractivity contribution in [3.05, 3.63) is 82.7 Å². The molecule has 0 saturated carbocycles. The Labute approximate surface area is 160 Å². The number of nitrogens with one attached hydrogen (secondary N) is 1. The minimum Gasteiger partial charge on any atom is -0.496 e. The smallest absolute Gasteiger partial charge is 0.224 e. The van der Waals surface area contributed by atoms with Crippen LogP contribution in [0.3, 0.4) is 0 Å². The molecule has 1 aromatic heterocycles. The highest BCUT2D eigenvalue weighted by molar-refractivity contribution is 5.79. The molecular weight excluding hydrogens is 338 g/mol. The first-order chi connectivity index (χ1) is 13.1.